The molecule has 0 fully saturated rings. The van der Waals surface area contributed by atoms with E-state index in [4.69, 9.17) is 5.11 Å². The number of carbonyl (C=O) groups excluding carboxylic acids is 1. The summed E-state index contributed by atoms with van der Waals surface area (Å²) < 4.78 is 0. The third-order valence-corrected chi connectivity index (χ3v) is 4.10. The minimum atomic E-state index is -0.971. The number of carboxylic acid groups (broad SMARTS) is 1. The third-order valence-electron chi connectivity index (χ3n) is 2.95. The number of carbonyl (C=O) groups is 2. The number of rotatable bonds is 5. The molecule has 22 heavy (non-hydrogen) atoms. The lowest BCUT2D eigenvalue weighted by Gasteiger charge is -2.08. The fourth-order valence-electron chi connectivity index (χ4n) is 1.80. The van der Waals surface area contributed by atoms with Crippen LogP contribution in [0.3, 0.4) is 0 Å². The van der Waals surface area contributed by atoms with Gasteiger partial charge < -0.3 is 10.4 Å². The van der Waals surface area contributed by atoms with Crippen molar-refractivity contribution in [2.75, 3.05) is 0 Å². The van der Waals surface area contributed by atoms with Gasteiger partial charge in [-0.1, -0.05) is 12.1 Å². The molecule has 1 heterocycles. The number of benzene rings is 1. The maximum atomic E-state index is 11.9. The second kappa shape index (κ2) is 7.00. The molecule has 2 aromatic rings. The van der Waals surface area contributed by atoms with Crippen LogP contribution < -0.4 is 5.32 Å². The molecule has 0 saturated carbocycles. The summed E-state index contributed by atoms with van der Waals surface area (Å²) in [5.74, 6) is -1.19. The first-order valence-electron chi connectivity index (χ1n) is 6.69. The fraction of sp³-hybridized carbons (Fsp3) is 0.188. The third kappa shape index (κ3) is 4.26. The molecule has 2 rings (SSSR count). The summed E-state index contributed by atoms with van der Waals surface area (Å²) in [6.45, 7) is 3.79. The van der Waals surface area contributed by atoms with Crippen molar-refractivity contribution in [3.05, 3.63) is 57.6 Å². The molecule has 1 aromatic carbocycles. The second-order valence-corrected chi connectivity index (χ2v) is 5.71. The highest BCUT2D eigenvalue weighted by Gasteiger charge is 2.10. The number of amides is 1. The van der Waals surface area contributed by atoms with Crippen LogP contribution in [0.2, 0.25) is 0 Å². The molecule has 1 aromatic heterocycles. The zero-order valence-corrected chi connectivity index (χ0v) is 13.1. The summed E-state index contributed by atoms with van der Waals surface area (Å²) in [6, 6.07) is 6.16. The molecule has 114 valence electrons. The van der Waals surface area contributed by atoms with Gasteiger partial charge in [-0.15, -0.1) is 11.3 Å². The van der Waals surface area contributed by atoms with E-state index in [2.05, 4.69) is 10.3 Å². The van der Waals surface area contributed by atoms with Crippen molar-refractivity contribution in [3.8, 4) is 0 Å². The molecule has 0 radical (unpaired) electrons. The molecule has 6 heteroatoms. The highest BCUT2D eigenvalue weighted by atomic mass is 32.1. The van der Waals surface area contributed by atoms with E-state index in [1.807, 2.05) is 19.2 Å². The number of hydrogen-bond donors (Lipinski definition) is 2. The van der Waals surface area contributed by atoms with Gasteiger partial charge >= 0.3 is 5.97 Å². The maximum Gasteiger partial charge on any atom is 0.335 e. The molecule has 0 aliphatic heterocycles. The van der Waals surface area contributed by atoms with Gasteiger partial charge in [0, 0.05) is 17.2 Å². The van der Waals surface area contributed by atoms with Crippen molar-refractivity contribution >= 4 is 29.3 Å². The van der Waals surface area contributed by atoms with E-state index in [9.17, 15) is 9.59 Å². The normalized spacial score (nSPS) is 12.3. The molecule has 0 bridgehead atoms. The van der Waals surface area contributed by atoms with E-state index in [0.717, 1.165) is 16.3 Å². The highest BCUT2D eigenvalue weighted by Crippen LogP contribution is 2.17. The van der Waals surface area contributed by atoms with E-state index in [1.54, 1.807) is 18.2 Å². The van der Waals surface area contributed by atoms with Crippen LogP contribution in [0.1, 0.15) is 39.6 Å². The highest BCUT2D eigenvalue weighted by molar-refractivity contribution is 7.09. The second-order valence-electron chi connectivity index (χ2n) is 4.82. The first kappa shape index (κ1) is 15.9. The lowest BCUT2D eigenvalue weighted by Crippen LogP contribution is -2.24. The van der Waals surface area contributed by atoms with Crippen molar-refractivity contribution < 1.29 is 14.7 Å². The number of aromatic nitrogens is 1. The van der Waals surface area contributed by atoms with Gasteiger partial charge in [0.25, 0.3) is 0 Å². The fourth-order valence-corrected chi connectivity index (χ4v) is 2.61. The predicted octanol–water partition coefficient (Wildman–Crippen LogP) is 3.04. The Kier molecular flexibility index (Phi) is 5.06. The lowest BCUT2D eigenvalue weighted by molar-refractivity contribution is -0.117. The number of aromatic carboxylic acids is 1. The summed E-state index contributed by atoms with van der Waals surface area (Å²) in [4.78, 5) is 26.9. The average Bonchev–Trinajstić information content (AvgIpc) is 2.92. The Morgan fingerprint density at radius 1 is 1.32 bits per heavy atom. The molecule has 0 aliphatic rings. The van der Waals surface area contributed by atoms with E-state index in [1.165, 1.54) is 29.5 Å². The van der Waals surface area contributed by atoms with Gasteiger partial charge in [-0.05, 0) is 37.6 Å². The molecular weight excluding hydrogens is 300 g/mol. The Balaban J connectivity index is 1.94. The summed E-state index contributed by atoms with van der Waals surface area (Å²) in [5, 5.41) is 14.5. The Morgan fingerprint density at radius 2 is 2.00 bits per heavy atom. The minimum Gasteiger partial charge on any atom is -0.478 e. The molecule has 0 aliphatic carbocycles. The quantitative estimate of drug-likeness (QED) is 0.831. The topological polar surface area (TPSA) is 79.3 Å². The number of aryl methyl sites for hydroxylation is 1. The van der Waals surface area contributed by atoms with Crippen LogP contribution in [-0.4, -0.2) is 22.0 Å². The Hall–Kier alpha value is -2.47. The molecule has 5 nitrogen and oxygen atoms in total. The zero-order chi connectivity index (χ0) is 16.1. The number of nitrogens with zero attached hydrogens (tertiary/aromatic N) is 1. The summed E-state index contributed by atoms with van der Waals surface area (Å²) in [5.41, 5.74) is 1.92. The number of nitrogens with one attached hydrogen (secondary N) is 1. The standard InChI is InChI=1S/C16H16N2O3S/c1-10-9-22-15(17-10)11(2)18-14(19)8-5-12-3-6-13(7-4-12)16(20)21/h3-9,11H,1-2H3,(H,18,19)(H,20,21)/b8-5+/t11-/m0/s1. The van der Waals surface area contributed by atoms with Crippen LogP contribution in [0.25, 0.3) is 6.08 Å². The van der Waals surface area contributed by atoms with Crippen LogP contribution in [0.4, 0.5) is 0 Å². The van der Waals surface area contributed by atoms with Crippen LogP contribution in [0.15, 0.2) is 35.7 Å². The van der Waals surface area contributed by atoms with Crippen molar-refractivity contribution in [1.82, 2.24) is 10.3 Å². The van der Waals surface area contributed by atoms with Crippen LogP contribution in [0, 0.1) is 6.92 Å². The van der Waals surface area contributed by atoms with Gasteiger partial charge in [-0.3, -0.25) is 4.79 Å². The minimum absolute atomic E-state index is 0.148. The van der Waals surface area contributed by atoms with Gasteiger partial charge in [0.05, 0.1) is 11.6 Å². The van der Waals surface area contributed by atoms with Crippen LogP contribution >= 0.6 is 11.3 Å². The predicted molar refractivity (Wildman–Crippen MR) is 85.8 cm³/mol. The SMILES string of the molecule is Cc1csc([C@H](C)NC(=O)/C=C/c2ccc(C(=O)O)cc2)n1. The summed E-state index contributed by atoms with van der Waals surface area (Å²) in [6.07, 6.45) is 3.06. The number of hydrogen-bond acceptors (Lipinski definition) is 4. The van der Waals surface area contributed by atoms with Crippen molar-refractivity contribution in [1.29, 1.82) is 0 Å². The van der Waals surface area contributed by atoms with Gasteiger partial charge in [0.2, 0.25) is 5.91 Å². The van der Waals surface area contributed by atoms with Gasteiger partial charge in [0.15, 0.2) is 0 Å². The molecule has 1 atom stereocenters. The smallest absolute Gasteiger partial charge is 0.335 e. The number of carboxylic acids is 1. The van der Waals surface area contributed by atoms with Gasteiger partial charge in [0.1, 0.15) is 5.01 Å². The maximum absolute atomic E-state index is 11.9. The average molecular weight is 316 g/mol. The molecular formula is C16H16N2O3S. The number of thiazole rings is 1. The van der Waals surface area contributed by atoms with Gasteiger partial charge in [-0.25, -0.2) is 9.78 Å². The monoisotopic (exact) mass is 316 g/mol. The molecule has 0 spiro atoms. The van der Waals surface area contributed by atoms with Crippen LogP contribution in [-0.2, 0) is 4.79 Å². The lowest BCUT2D eigenvalue weighted by atomic mass is 10.1. The molecule has 0 unspecified atom stereocenters. The first-order valence-corrected chi connectivity index (χ1v) is 7.57. The largest absolute Gasteiger partial charge is 0.478 e. The van der Waals surface area contributed by atoms with Crippen molar-refractivity contribution in [2.24, 2.45) is 0 Å². The van der Waals surface area contributed by atoms with E-state index in [-0.39, 0.29) is 17.5 Å². The Morgan fingerprint density at radius 3 is 2.55 bits per heavy atom. The summed E-state index contributed by atoms with van der Waals surface area (Å²) >= 11 is 1.51. The molecule has 1 amide bonds. The van der Waals surface area contributed by atoms with Crippen molar-refractivity contribution in [2.45, 2.75) is 19.9 Å². The molecule has 2 N–H and O–H groups in total. The summed E-state index contributed by atoms with van der Waals surface area (Å²) in [7, 11) is 0. The first-order chi connectivity index (χ1) is 10.5. The Bertz CT molecular complexity index is 704. The van der Waals surface area contributed by atoms with Crippen LogP contribution in [0.5, 0.6) is 0 Å². The van der Waals surface area contributed by atoms with Crippen molar-refractivity contribution in [3.63, 3.8) is 0 Å². The van der Waals surface area contributed by atoms with E-state index >= 15 is 0 Å². The zero-order valence-electron chi connectivity index (χ0n) is 12.2. The van der Waals surface area contributed by atoms with E-state index in [0.29, 0.717) is 0 Å². The molecule has 0 saturated heterocycles. The van der Waals surface area contributed by atoms with E-state index < -0.39 is 5.97 Å². The Labute approximate surface area is 132 Å². The van der Waals surface area contributed by atoms with Gasteiger partial charge in [-0.2, -0.15) is 0 Å².